The Hall–Kier alpha value is -1.85. The van der Waals surface area contributed by atoms with Crippen LogP contribution in [0.15, 0.2) is 54.6 Å². The number of hydrogen-bond donors (Lipinski definition) is 2. The molecule has 0 aliphatic rings. The van der Waals surface area contributed by atoms with Crippen LogP contribution >= 0.6 is 0 Å². The molecule has 0 bridgehead atoms. The maximum absolute atomic E-state index is 12.3. The monoisotopic (exact) mass is 304 g/mol. The number of nitrogens with two attached hydrogens (primary N) is 1. The lowest BCUT2D eigenvalue weighted by Crippen LogP contribution is -2.21. The fourth-order valence-corrected chi connectivity index (χ4v) is 3.68. The summed E-state index contributed by atoms with van der Waals surface area (Å²) in [6.07, 6.45) is 0. The molecule has 112 valence electrons. The van der Waals surface area contributed by atoms with Crippen molar-refractivity contribution in [3.05, 3.63) is 65.7 Å². The van der Waals surface area contributed by atoms with Gasteiger partial charge in [-0.2, -0.15) is 0 Å². The third-order valence-corrected chi connectivity index (χ3v) is 4.81. The summed E-state index contributed by atoms with van der Waals surface area (Å²) in [5, 5.41) is 0. The topological polar surface area (TPSA) is 72.2 Å². The van der Waals surface area contributed by atoms with Crippen LogP contribution in [0.25, 0.3) is 0 Å². The van der Waals surface area contributed by atoms with Gasteiger partial charge in [0, 0.05) is 6.54 Å². The van der Waals surface area contributed by atoms with Crippen LogP contribution in [0.2, 0.25) is 0 Å². The zero-order valence-corrected chi connectivity index (χ0v) is 12.8. The Labute approximate surface area is 126 Å². The first kappa shape index (κ1) is 15.5. The number of hydrogen-bond acceptors (Lipinski definition) is 3. The Morgan fingerprint density at radius 1 is 1.05 bits per heavy atom. The molecule has 0 saturated carbocycles. The van der Waals surface area contributed by atoms with Crippen molar-refractivity contribution in [3.63, 3.8) is 0 Å². The van der Waals surface area contributed by atoms with Gasteiger partial charge in [0.1, 0.15) is 0 Å². The van der Waals surface area contributed by atoms with Crippen LogP contribution in [0.5, 0.6) is 0 Å². The van der Waals surface area contributed by atoms with Gasteiger partial charge in [0.2, 0.25) is 10.0 Å². The van der Waals surface area contributed by atoms with Crippen LogP contribution < -0.4 is 10.5 Å². The van der Waals surface area contributed by atoms with E-state index in [0.29, 0.717) is 12.2 Å². The van der Waals surface area contributed by atoms with E-state index in [1.165, 1.54) is 0 Å². The van der Waals surface area contributed by atoms with E-state index < -0.39 is 10.0 Å². The van der Waals surface area contributed by atoms with E-state index in [9.17, 15) is 8.42 Å². The highest BCUT2D eigenvalue weighted by Gasteiger charge is 2.18. The number of sulfonamides is 1. The molecule has 3 N–H and O–H groups in total. The van der Waals surface area contributed by atoms with Crippen LogP contribution in [0, 0.1) is 0 Å². The predicted octanol–water partition coefficient (Wildman–Crippen LogP) is 2.69. The van der Waals surface area contributed by atoms with E-state index >= 15 is 0 Å². The molecule has 0 fully saturated rings. The molecule has 0 heterocycles. The highest BCUT2D eigenvalue weighted by molar-refractivity contribution is 7.92. The second-order valence-electron chi connectivity index (χ2n) is 5.06. The minimum Gasteiger partial charge on any atom is -0.326 e. The summed E-state index contributed by atoms with van der Waals surface area (Å²) in [6.45, 7) is 2.20. The molecule has 2 aromatic carbocycles. The standard InChI is InChI=1S/C16H20N2O2S/c1-13(14-7-3-2-4-8-14)12-21(19,20)18-16-10-6-5-9-15(16)11-17/h2-10,13,18H,11-12,17H2,1H3. The first-order valence-electron chi connectivity index (χ1n) is 6.85. The average Bonchev–Trinajstić information content (AvgIpc) is 2.47. The summed E-state index contributed by atoms with van der Waals surface area (Å²) in [7, 11) is -3.42. The largest absolute Gasteiger partial charge is 0.326 e. The molecule has 21 heavy (non-hydrogen) atoms. The molecular formula is C16H20N2O2S. The van der Waals surface area contributed by atoms with E-state index in [4.69, 9.17) is 5.73 Å². The SMILES string of the molecule is CC(CS(=O)(=O)Nc1ccccc1CN)c1ccccc1. The predicted molar refractivity (Wildman–Crippen MR) is 86.6 cm³/mol. The van der Waals surface area contributed by atoms with Crippen molar-refractivity contribution in [1.82, 2.24) is 0 Å². The molecule has 0 aliphatic heterocycles. The maximum atomic E-state index is 12.3. The number of para-hydroxylation sites is 1. The van der Waals surface area contributed by atoms with Gasteiger partial charge in [-0.3, -0.25) is 4.72 Å². The number of anilines is 1. The summed E-state index contributed by atoms with van der Waals surface area (Å²) < 4.78 is 27.2. The summed E-state index contributed by atoms with van der Waals surface area (Å²) in [5.74, 6) is -0.0376. The van der Waals surface area contributed by atoms with Crippen LogP contribution in [0.1, 0.15) is 24.0 Å². The van der Waals surface area contributed by atoms with E-state index in [1.807, 2.05) is 49.4 Å². The highest BCUT2D eigenvalue weighted by Crippen LogP contribution is 2.20. The molecule has 0 amide bonds. The summed E-state index contributed by atoms with van der Waals surface area (Å²) in [6, 6.07) is 16.8. The molecule has 2 aromatic rings. The van der Waals surface area contributed by atoms with Gasteiger partial charge in [-0.25, -0.2) is 8.42 Å². The number of benzene rings is 2. The highest BCUT2D eigenvalue weighted by atomic mass is 32.2. The first-order chi connectivity index (χ1) is 10.0. The van der Waals surface area contributed by atoms with E-state index in [1.54, 1.807) is 12.1 Å². The van der Waals surface area contributed by atoms with Gasteiger partial charge in [0.15, 0.2) is 0 Å². The number of nitrogens with one attached hydrogen (secondary N) is 1. The third kappa shape index (κ3) is 4.31. The molecule has 0 saturated heterocycles. The van der Waals surface area contributed by atoms with Gasteiger partial charge in [0.25, 0.3) is 0 Å². The van der Waals surface area contributed by atoms with Crippen molar-refractivity contribution in [3.8, 4) is 0 Å². The van der Waals surface area contributed by atoms with Crippen LogP contribution in [0.4, 0.5) is 5.69 Å². The molecular weight excluding hydrogens is 284 g/mol. The van der Waals surface area contributed by atoms with Gasteiger partial charge in [0.05, 0.1) is 11.4 Å². The molecule has 0 radical (unpaired) electrons. The molecule has 4 nitrogen and oxygen atoms in total. The lowest BCUT2D eigenvalue weighted by molar-refractivity contribution is 0.595. The van der Waals surface area contributed by atoms with Crippen molar-refractivity contribution in [2.24, 2.45) is 5.73 Å². The molecule has 0 spiro atoms. The molecule has 1 atom stereocenters. The molecule has 2 rings (SSSR count). The summed E-state index contributed by atoms with van der Waals surface area (Å²) >= 11 is 0. The number of rotatable bonds is 6. The van der Waals surface area contributed by atoms with Gasteiger partial charge in [-0.15, -0.1) is 0 Å². The van der Waals surface area contributed by atoms with Crippen molar-refractivity contribution >= 4 is 15.7 Å². The van der Waals surface area contributed by atoms with Crippen molar-refractivity contribution in [2.75, 3.05) is 10.5 Å². The van der Waals surface area contributed by atoms with E-state index in [-0.39, 0.29) is 11.7 Å². The normalized spacial score (nSPS) is 12.9. The van der Waals surface area contributed by atoms with Gasteiger partial charge >= 0.3 is 0 Å². The Kier molecular flexibility index (Phi) is 4.98. The Bertz CT molecular complexity index is 684. The second kappa shape index (κ2) is 6.74. The molecule has 0 aromatic heterocycles. The van der Waals surface area contributed by atoms with Gasteiger partial charge in [-0.1, -0.05) is 55.5 Å². The fourth-order valence-electron chi connectivity index (χ4n) is 2.21. The Morgan fingerprint density at radius 3 is 2.33 bits per heavy atom. The van der Waals surface area contributed by atoms with Crippen LogP contribution in [0.3, 0.4) is 0 Å². The van der Waals surface area contributed by atoms with Crippen molar-refractivity contribution < 1.29 is 8.42 Å². The zero-order valence-electron chi connectivity index (χ0n) is 12.0. The smallest absolute Gasteiger partial charge is 0.233 e. The Balaban J connectivity index is 2.12. The first-order valence-corrected chi connectivity index (χ1v) is 8.50. The molecule has 1 unspecified atom stereocenters. The van der Waals surface area contributed by atoms with E-state index in [2.05, 4.69) is 4.72 Å². The zero-order chi connectivity index (χ0) is 15.3. The third-order valence-electron chi connectivity index (χ3n) is 3.34. The minimum atomic E-state index is -3.42. The minimum absolute atomic E-state index is 0.0376. The molecule has 5 heteroatoms. The van der Waals surface area contributed by atoms with Crippen LogP contribution in [-0.4, -0.2) is 14.2 Å². The molecule has 0 aliphatic carbocycles. The fraction of sp³-hybridized carbons (Fsp3) is 0.250. The quantitative estimate of drug-likeness (QED) is 0.862. The van der Waals surface area contributed by atoms with Crippen LogP contribution in [-0.2, 0) is 16.6 Å². The maximum Gasteiger partial charge on any atom is 0.233 e. The second-order valence-corrected chi connectivity index (χ2v) is 6.82. The average molecular weight is 304 g/mol. The lowest BCUT2D eigenvalue weighted by Gasteiger charge is -2.15. The van der Waals surface area contributed by atoms with Gasteiger partial charge in [-0.05, 0) is 23.1 Å². The van der Waals surface area contributed by atoms with Gasteiger partial charge < -0.3 is 5.73 Å². The van der Waals surface area contributed by atoms with E-state index in [0.717, 1.165) is 11.1 Å². The summed E-state index contributed by atoms with van der Waals surface area (Å²) in [5.41, 5.74) is 7.98. The van der Waals surface area contributed by atoms with Crippen molar-refractivity contribution in [1.29, 1.82) is 0 Å². The Morgan fingerprint density at radius 2 is 1.67 bits per heavy atom. The summed E-state index contributed by atoms with van der Waals surface area (Å²) in [4.78, 5) is 0. The lowest BCUT2D eigenvalue weighted by atomic mass is 10.0. The van der Waals surface area contributed by atoms with Crippen molar-refractivity contribution in [2.45, 2.75) is 19.4 Å².